The number of hydrogen-bond donors (Lipinski definition) is 0. The van der Waals surface area contributed by atoms with Gasteiger partial charge in [-0.1, -0.05) is 30.3 Å². The van der Waals surface area contributed by atoms with E-state index < -0.39 is 0 Å². The van der Waals surface area contributed by atoms with E-state index in [1.807, 2.05) is 46.5 Å². The predicted molar refractivity (Wildman–Crippen MR) is 69.1 cm³/mol. The number of benzene rings is 1. The van der Waals surface area contributed by atoms with Crippen LogP contribution in [0, 0.1) is 0 Å². The summed E-state index contributed by atoms with van der Waals surface area (Å²) < 4.78 is 1.93. The molecule has 0 atom stereocenters. The monoisotopic (exact) mass is 266 g/mol. The fraction of sp³-hybridized carbons (Fsp3) is 0.167. The summed E-state index contributed by atoms with van der Waals surface area (Å²) in [4.78, 5) is 15.8. The normalized spacial score (nSPS) is 11.7. The highest BCUT2D eigenvalue weighted by atomic mass is 35.5. The zero-order valence-electron chi connectivity index (χ0n) is 9.04. The highest BCUT2D eigenvalue weighted by Crippen LogP contribution is 2.01. The van der Waals surface area contributed by atoms with Gasteiger partial charge in [0.1, 0.15) is 5.88 Å². The minimum Gasteiger partial charge on any atom is -0.319 e. The van der Waals surface area contributed by atoms with Gasteiger partial charge in [-0.05, 0) is 5.56 Å². The number of thiazole rings is 1. The van der Waals surface area contributed by atoms with E-state index >= 15 is 0 Å². The van der Waals surface area contributed by atoms with Crippen LogP contribution >= 0.6 is 22.9 Å². The molecule has 0 unspecified atom stereocenters. The van der Waals surface area contributed by atoms with Crippen LogP contribution in [0.5, 0.6) is 0 Å². The van der Waals surface area contributed by atoms with E-state index in [0.29, 0.717) is 11.3 Å². The van der Waals surface area contributed by atoms with Crippen LogP contribution in [-0.2, 0) is 11.3 Å². The zero-order chi connectivity index (χ0) is 12.1. The molecule has 0 N–H and O–H groups in total. The average Bonchev–Trinajstić information content (AvgIpc) is 2.78. The average molecular weight is 267 g/mol. The number of carbonyl (C=O) groups is 1. The van der Waals surface area contributed by atoms with Crippen LogP contribution in [0.1, 0.15) is 5.56 Å². The Bertz CT molecular complexity index is 559. The highest BCUT2D eigenvalue weighted by molar-refractivity contribution is 7.07. The maximum atomic E-state index is 11.2. The lowest BCUT2D eigenvalue weighted by Gasteiger charge is -2.02. The maximum absolute atomic E-state index is 11.2. The number of alkyl halides is 1. The predicted octanol–water partition coefficient (Wildman–Crippen LogP) is 2.26. The Labute approximate surface area is 108 Å². The second-order valence-corrected chi connectivity index (χ2v) is 4.58. The van der Waals surface area contributed by atoms with Crippen molar-refractivity contribution in [3.63, 3.8) is 0 Å². The van der Waals surface area contributed by atoms with Gasteiger partial charge in [0.05, 0.1) is 0 Å². The summed E-state index contributed by atoms with van der Waals surface area (Å²) in [6.07, 6.45) is 1.91. The van der Waals surface area contributed by atoms with Crippen LogP contribution in [0.2, 0.25) is 0 Å². The number of halogens is 1. The Hall–Kier alpha value is -1.39. The SMILES string of the molecule is O=C(CCl)N=c1sccn1Cc1ccccc1. The largest absolute Gasteiger partial charge is 0.319 e. The number of aromatic nitrogens is 1. The fourth-order valence-corrected chi connectivity index (χ4v) is 2.23. The third-order valence-electron chi connectivity index (χ3n) is 2.19. The quantitative estimate of drug-likeness (QED) is 0.785. The molecule has 2 rings (SSSR count). The molecule has 0 saturated heterocycles. The van der Waals surface area contributed by atoms with Crippen LogP contribution in [-0.4, -0.2) is 16.4 Å². The first-order valence-electron chi connectivity index (χ1n) is 5.11. The number of hydrogen-bond acceptors (Lipinski definition) is 2. The number of rotatable bonds is 3. The van der Waals surface area contributed by atoms with Crippen LogP contribution in [0.3, 0.4) is 0 Å². The van der Waals surface area contributed by atoms with Crippen LogP contribution in [0.4, 0.5) is 0 Å². The lowest BCUT2D eigenvalue weighted by molar-refractivity contribution is -0.115. The van der Waals surface area contributed by atoms with E-state index in [1.165, 1.54) is 16.9 Å². The van der Waals surface area contributed by atoms with E-state index in [1.54, 1.807) is 0 Å². The van der Waals surface area contributed by atoms with Crippen molar-refractivity contribution < 1.29 is 4.79 Å². The molecule has 0 aliphatic heterocycles. The summed E-state index contributed by atoms with van der Waals surface area (Å²) in [5.41, 5.74) is 1.17. The molecule has 0 aliphatic rings. The zero-order valence-corrected chi connectivity index (χ0v) is 10.6. The van der Waals surface area contributed by atoms with Crippen LogP contribution in [0.15, 0.2) is 46.9 Å². The number of amides is 1. The van der Waals surface area contributed by atoms with Gasteiger partial charge in [-0.15, -0.1) is 22.9 Å². The molecule has 2 aromatic rings. The first-order valence-corrected chi connectivity index (χ1v) is 6.52. The van der Waals surface area contributed by atoms with Gasteiger partial charge in [-0.25, -0.2) is 0 Å². The van der Waals surface area contributed by atoms with Gasteiger partial charge in [-0.2, -0.15) is 4.99 Å². The van der Waals surface area contributed by atoms with E-state index in [4.69, 9.17) is 11.6 Å². The van der Waals surface area contributed by atoms with Crippen molar-refractivity contribution in [1.29, 1.82) is 0 Å². The van der Waals surface area contributed by atoms with Crippen molar-refractivity contribution >= 4 is 28.8 Å². The third-order valence-corrected chi connectivity index (χ3v) is 3.21. The first-order chi connectivity index (χ1) is 8.29. The number of nitrogens with zero attached hydrogens (tertiary/aromatic N) is 2. The van der Waals surface area contributed by atoms with Crippen molar-refractivity contribution in [1.82, 2.24) is 4.57 Å². The fourth-order valence-electron chi connectivity index (χ4n) is 1.42. The molecule has 1 heterocycles. The molecule has 0 radical (unpaired) electrons. The van der Waals surface area contributed by atoms with Gasteiger partial charge in [0.25, 0.3) is 5.91 Å². The van der Waals surface area contributed by atoms with Gasteiger partial charge >= 0.3 is 0 Å². The molecule has 0 aliphatic carbocycles. The van der Waals surface area contributed by atoms with Gasteiger partial charge in [0, 0.05) is 18.1 Å². The molecular formula is C12H11ClN2OS. The summed E-state index contributed by atoms with van der Waals surface area (Å²) in [5.74, 6) is -0.389. The molecule has 17 heavy (non-hydrogen) atoms. The summed E-state index contributed by atoms with van der Waals surface area (Å²) in [6.45, 7) is 0.707. The van der Waals surface area contributed by atoms with Gasteiger partial charge in [-0.3, -0.25) is 4.79 Å². The third kappa shape index (κ3) is 3.28. The van der Waals surface area contributed by atoms with Crippen molar-refractivity contribution in [2.45, 2.75) is 6.54 Å². The van der Waals surface area contributed by atoms with E-state index in [9.17, 15) is 4.79 Å². The van der Waals surface area contributed by atoms with Crippen LogP contribution in [0.25, 0.3) is 0 Å². The summed E-state index contributed by atoms with van der Waals surface area (Å²) in [6, 6.07) is 10.0. The lowest BCUT2D eigenvalue weighted by atomic mass is 10.2. The molecule has 88 valence electrons. The minimum absolute atomic E-state index is 0.0801. The standard InChI is InChI=1S/C12H11ClN2OS/c13-8-11(16)14-12-15(6-7-17-12)9-10-4-2-1-3-5-10/h1-7H,8-9H2. The smallest absolute Gasteiger partial charge is 0.263 e. The van der Waals surface area contributed by atoms with Crippen molar-refractivity contribution in [3.8, 4) is 0 Å². The molecule has 1 aromatic heterocycles. The van der Waals surface area contributed by atoms with Crippen molar-refractivity contribution in [3.05, 3.63) is 52.3 Å². The molecule has 0 bridgehead atoms. The van der Waals surface area contributed by atoms with Gasteiger partial charge in [0.15, 0.2) is 4.80 Å². The Morgan fingerprint density at radius 2 is 2.12 bits per heavy atom. The molecule has 1 amide bonds. The van der Waals surface area contributed by atoms with E-state index in [2.05, 4.69) is 4.99 Å². The molecule has 1 aromatic carbocycles. The van der Waals surface area contributed by atoms with Gasteiger partial charge in [0.2, 0.25) is 0 Å². The summed E-state index contributed by atoms with van der Waals surface area (Å²) >= 11 is 6.86. The molecule has 0 saturated carbocycles. The highest BCUT2D eigenvalue weighted by Gasteiger charge is 2.00. The second-order valence-electron chi connectivity index (χ2n) is 3.44. The Kier molecular flexibility index (Phi) is 4.12. The van der Waals surface area contributed by atoms with Crippen LogP contribution < -0.4 is 4.80 Å². The van der Waals surface area contributed by atoms with E-state index in [-0.39, 0.29) is 11.8 Å². The Balaban J connectivity index is 2.26. The molecule has 3 nitrogen and oxygen atoms in total. The molecular weight excluding hydrogens is 256 g/mol. The summed E-state index contributed by atoms with van der Waals surface area (Å²) in [7, 11) is 0. The molecule has 0 fully saturated rings. The topological polar surface area (TPSA) is 34.4 Å². The number of carbonyl (C=O) groups excluding carboxylic acids is 1. The minimum atomic E-state index is -0.309. The van der Waals surface area contributed by atoms with Crippen molar-refractivity contribution in [2.24, 2.45) is 4.99 Å². The summed E-state index contributed by atoms with van der Waals surface area (Å²) in [5, 5.41) is 1.91. The first kappa shape index (κ1) is 12.1. The maximum Gasteiger partial charge on any atom is 0.263 e. The second kappa shape index (κ2) is 5.80. The van der Waals surface area contributed by atoms with E-state index in [0.717, 1.165) is 0 Å². The lowest BCUT2D eigenvalue weighted by Crippen LogP contribution is -2.17. The van der Waals surface area contributed by atoms with Crippen molar-refractivity contribution in [2.75, 3.05) is 5.88 Å². The Morgan fingerprint density at radius 3 is 2.82 bits per heavy atom. The molecule has 0 spiro atoms. The molecule has 5 heteroatoms. The Morgan fingerprint density at radius 1 is 1.35 bits per heavy atom. The van der Waals surface area contributed by atoms with Gasteiger partial charge < -0.3 is 4.57 Å².